The maximum absolute atomic E-state index is 12.5. The molecule has 21 heavy (non-hydrogen) atoms. The first-order valence-corrected chi connectivity index (χ1v) is 6.77. The molecule has 1 aliphatic heterocycles. The summed E-state index contributed by atoms with van der Waals surface area (Å²) in [5, 5.41) is 0. The summed E-state index contributed by atoms with van der Waals surface area (Å²) in [5.74, 6) is -1.96. The van der Waals surface area contributed by atoms with Crippen molar-refractivity contribution in [2.45, 2.75) is 58.0 Å². The summed E-state index contributed by atoms with van der Waals surface area (Å²) in [6.07, 6.45) is -4.95. The predicted molar refractivity (Wildman–Crippen MR) is 69.4 cm³/mol. The largest absolute Gasteiger partial charge is 0.471 e. The first-order valence-electron chi connectivity index (χ1n) is 6.77. The Kier molecular flexibility index (Phi) is 5.11. The van der Waals surface area contributed by atoms with Crippen LogP contribution in [0.4, 0.5) is 18.0 Å². The fourth-order valence-electron chi connectivity index (χ4n) is 2.19. The second-order valence-electron chi connectivity index (χ2n) is 6.06. The Labute approximate surface area is 122 Å². The molecule has 1 heterocycles. The number of amides is 2. The maximum Gasteiger partial charge on any atom is 0.471 e. The molecule has 0 aromatic carbocycles. The van der Waals surface area contributed by atoms with Crippen LogP contribution in [0.15, 0.2) is 0 Å². The van der Waals surface area contributed by atoms with E-state index >= 15 is 0 Å². The molecule has 0 radical (unpaired) electrons. The number of likely N-dealkylation sites (tertiary alicyclic amines) is 1. The lowest BCUT2D eigenvalue weighted by Crippen LogP contribution is -2.57. The van der Waals surface area contributed by atoms with Crippen LogP contribution in [0, 0.1) is 0 Å². The highest BCUT2D eigenvalue weighted by atomic mass is 19.4. The van der Waals surface area contributed by atoms with Crippen molar-refractivity contribution in [1.82, 2.24) is 9.80 Å². The third-order valence-electron chi connectivity index (χ3n) is 3.11. The summed E-state index contributed by atoms with van der Waals surface area (Å²) in [7, 11) is 1.06. The molecule has 0 aromatic rings. The summed E-state index contributed by atoms with van der Waals surface area (Å²) in [4.78, 5) is 25.2. The van der Waals surface area contributed by atoms with Gasteiger partial charge in [-0.25, -0.2) is 4.79 Å². The van der Waals surface area contributed by atoms with E-state index in [4.69, 9.17) is 4.74 Å². The van der Waals surface area contributed by atoms with Crippen molar-refractivity contribution in [1.29, 1.82) is 0 Å². The van der Waals surface area contributed by atoms with Crippen molar-refractivity contribution in [3.8, 4) is 0 Å². The van der Waals surface area contributed by atoms with E-state index < -0.39 is 29.9 Å². The third-order valence-corrected chi connectivity index (χ3v) is 3.11. The highest BCUT2D eigenvalue weighted by Crippen LogP contribution is 2.26. The third kappa shape index (κ3) is 4.78. The van der Waals surface area contributed by atoms with Gasteiger partial charge in [-0.05, 0) is 40.0 Å². The van der Waals surface area contributed by atoms with Gasteiger partial charge in [0.05, 0.1) is 0 Å². The van der Waals surface area contributed by atoms with Crippen LogP contribution in [0.2, 0.25) is 0 Å². The second kappa shape index (κ2) is 6.11. The smallest absolute Gasteiger partial charge is 0.444 e. The molecule has 5 nitrogen and oxygen atoms in total. The lowest BCUT2D eigenvalue weighted by atomic mass is 10.1. The van der Waals surface area contributed by atoms with Gasteiger partial charge in [0.15, 0.2) is 0 Å². The van der Waals surface area contributed by atoms with Crippen molar-refractivity contribution in [2.75, 3.05) is 13.6 Å². The van der Waals surface area contributed by atoms with E-state index in [9.17, 15) is 22.8 Å². The summed E-state index contributed by atoms with van der Waals surface area (Å²) in [5.41, 5.74) is -0.744. The minimum absolute atomic E-state index is 0.273. The number of nitrogens with zero attached hydrogens (tertiary/aromatic N) is 2. The number of halogens is 3. The fraction of sp³-hybridized carbons (Fsp3) is 0.846. The van der Waals surface area contributed by atoms with Crippen LogP contribution in [0.3, 0.4) is 0 Å². The number of rotatable bonds is 1. The molecule has 1 atom stereocenters. The number of alkyl halides is 3. The molecular formula is C13H21F3N2O3. The van der Waals surface area contributed by atoms with Crippen molar-refractivity contribution >= 4 is 12.0 Å². The minimum atomic E-state index is -4.95. The van der Waals surface area contributed by atoms with Crippen molar-refractivity contribution in [3.63, 3.8) is 0 Å². The van der Waals surface area contributed by atoms with E-state index in [0.717, 1.165) is 7.05 Å². The van der Waals surface area contributed by atoms with Crippen molar-refractivity contribution in [2.24, 2.45) is 0 Å². The molecule has 0 aliphatic carbocycles. The number of piperidine rings is 1. The van der Waals surface area contributed by atoms with Crippen LogP contribution >= 0.6 is 0 Å². The Morgan fingerprint density at radius 3 is 2.24 bits per heavy atom. The molecule has 1 saturated heterocycles. The van der Waals surface area contributed by atoms with Crippen molar-refractivity contribution in [3.05, 3.63) is 0 Å². The van der Waals surface area contributed by atoms with Crippen LogP contribution in [0.25, 0.3) is 0 Å². The average molecular weight is 310 g/mol. The fourth-order valence-corrected chi connectivity index (χ4v) is 2.19. The molecule has 122 valence electrons. The quantitative estimate of drug-likeness (QED) is 0.748. The molecule has 0 bridgehead atoms. The van der Waals surface area contributed by atoms with Gasteiger partial charge in [-0.2, -0.15) is 13.2 Å². The normalized spacial score (nSPS) is 20.1. The predicted octanol–water partition coefficient (Wildman–Crippen LogP) is 2.75. The molecule has 1 rings (SSSR count). The number of ether oxygens (including phenoxy) is 1. The number of hydrogen-bond donors (Lipinski definition) is 0. The molecule has 0 aromatic heterocycles. The number of hydrogen-bond acceptors (Lipinski definition) is 3. The molecule has 0 saturated carbocycles. The summed E-state index contributed by atoms with van der Waals surface area (Å²) in [6, 6.07) is 0. The standard InChI is InChI=1S/C13H21F3N2O3/c1-12(2,3)21-11(20)18-8-6-5-7-9(18)17(4)10(19)13(14,15)16/h9H,5-8H2,1-4H3. The van der Waals surface area contributed by atoms with E-state index in [1.807, 2.05) is 0 Å². The van der Waals surface area contributed by atoms with Gasteiger partial charge in [0.25, 0.3) is 0 Å². The van der Waals surface area contributed by atoms with Crippen LogP contribution in [0.1, 0.15) is 40.0 Å². The lowest BCUT2D eigenvalue weighted by Gasteiger charge is -2.41. The molecule has 0 N–H and O–H groups in total. The van der Waals surface area contributed by atoms with Gasteiger partial charge in [0.1, 0.15) is 11.8 Å². The van der Waals surface area contributed by atoms with Gasteiger partial charge < -0.3 is 9.64 Å². The molecule has 2 amide bonds. The van der Waals surface area contributed by atoms with Crippen LogP contribution in [-0.4, -0.2) is 53.3 Å². The van der Waals surface area contributed by atoms with E-state index in [0.29, 0.717) is 24.2 Å². The minimum Gasteiger partial charge on any atom is -0.444 e. The Balaban J connectivity index is 2.87. The van der Waals surface area contributed by atoms with Crippen LogP contribution < -0.4 is 0 Å². The van der Waals surface area contributed by atoms with Gasteiger partial charge in [-0.15, -0.1) is 0 Å². The Morgan fingerprint density at radius 1 is 1.19 bits per heavy atom. The SMILES string of the molecule is CN(C(=O)C(F)(F)F)C1CCCCN1C(=O)OC(C)(C)C. The van der Waals surface area contributed by atoms with E-state index in [1.54, 1.807) is 20.8 Å². The second-order valence-corrected chi connectivity index (χ2v) is 6.06. The topological polar surface area (TPSA) is 49.9 Å². The van der Waals surface area contributed by atoms with Crippen molar-refractivity contribution < 1.29 is 27.5 Å². The average Bonchev–Trinajstić information content (AvgIpc) is 2.34. The number of carbonyl (C=O) groups excluding carboxylic acids is 2. The first kappa shape index (κ1) is 17.6. The van der Waals surface area contributed by atoms with Gasteiger partial charge in [-0.1, -0.05) is 0 Å². The van der Waals surface area contributed by atoms with Gasteiger partial charge >= 0.3 is 18.2 Å². The Hall–Kier alpha value is -1.47. The van der Waals surface area contributed by atoms with Gasteiger partial charge in [0, 0.05) is 13.6 Å². The summed E-state index contributed by atoms with van der Waals surface area (Å²) < 4.78 is 42.8. The highest BCUT2D eigenvalue weighted by molar-refractivity contribution is 5.82. The zero-order chi connectivity index (χ0) is 16.4. The zero-order valence-electron chi connectivity index (χ0n) is 12.7. The first-order chi connectivity index (χ1) is 9.43. The van der Waals surface area contributed by atoms with E-state index in [1.165, 1.54) is 4.90 Å². The molecule has 8 heteroatoms. The Morgan fingerprint density at radius 2 is 1.76 bits per heavy atom. The molecule has 0 spiro atoms. The van der Waals surface area contributed by atoms with Gasteiger partial charge in [0.2, 0.25) is 0 Å². The van der Waals surface area contributed by atoms with E-state index in [-0.39, 0.29) is 6.54 Å². The van der Waals surface area contributed by atoms with Crippen LogP contribution in [-0.2, 0) is 9.53 Å². The van der Waals surface area contributed by atoms with Crippen LogP contribution in [0.5, 0.6) is 0 Å². The highest BCUT2D eigenvalue weighted by Gasteiger charge is 2.45. The summed E-state index contributed by atoms with van der Waals surface area (Å²) in [6.45, 7) is 5.30. The lowest BCUT2D eigenvalue weighted by molar-refractivity contribution is -0.190. The molecular weight excluding hydrogens is 289 g/mol. The molecule has 1 aliphatic rings. The zero-order valence-corrected chi connectivity index (χ0v) is 12.7. The number of carbonyl (C=O) groups is 2. The van der Waals surface area contributed by atoms with Gasteiger partial charge in [-0.3, -0.25) is 9.69 Å². The monoisotopic (exact) mass is 310 g/mol. The Bertz CT molecular complexity index is 404. The molecule has 1 fully saturated rings. The summed E-state index contributed by atoms with van der Waals surface area (Å²) >= 11 is 0. The molecule has 1 unspecified atom stereocenters. The maximum atomic E-state index is 12.5. The van der Waals surface area contributed by atoms with E-state index in [2.05, 4.69) is 0 Å².